The molecule has 124 valence electrons. The third-order valence-corrected chi connectivity index (χ3v) is 4.69. The molecule has 2 aromatic carbocycles. The molecule has 4 rings (SSSR count). The van der Waals surface area contributed by atoms with Crippen molar-refractivity contribution < 1.29 is 14.2 Å². The molecule has 0 bridgehead atoms. The maximum Gasteiger partial charge on any atom is 0.172 e. The summed E-state index contributed by atoms with van der Waals surface area (Å²) in [5.41, 5.74) is 3.84. The van der Waals surface area contributed by atoms with Crippen molar-refractivity contribution in [1.29, 1.82) is 0 Å². The molecule has 3 nitrogen and oxygen atoms in total. The Morgan fingerprint density at radius 1 is 0.958 bits per heavy atom. The van der Waals surface area contributed by atoms with Crippen molar-refractivity contribution in [3.63, 3.8) is 0 Å². The van der Waals surface area contributed by atoms with Gasteiger partial charge < -0.3 is 14.2 Å². The third-order valence-electron chi connectivity index (χ3n) is 4.69. The fourth-order valence-corrected chi connectivity index (χ4v) is 3.37. The zero-order chi connectivity index (χ0) is 16.2. The number of allylic oxidation sites excluding steroid dienone is 1. The van der Waals surface area contributed by atoms with Crippen LogP contribution in [-0.2, 0) is 16.1 Å². The van der Waals surface area contributed by atoms with Crippen LogP contribution in [0.4, 0.5) is 0 Å². The van der Waals surface area contributed by atoms with Crippen LogP contribution in [-0.4, -0.2) is 19.0 Å². The summed E-state index contributed by atoms with van der Waals surface area (Å²) in [7, 11) is 0. The van der Waals surface area contributed by atoms with Crippen LogP contribution in [0.1, 0.15) is 30.4 Å². The zero-order valence-electron chi connectivity index (χ0n) is 13.7. The van der Waals surface area contributed by atoms with Crippen LogP contribution in [0.3, 0.4) is 0 Å². The first-order valence-corrected chi connectivity index (χ1v) is 8.57. The van der Waals surface area contributed by atoms with Gasteiger partial charge >= 0.3 is 0 Å². The van der Waals surface area contributed by atoms with Crippen molar-refractivity contribution in [1.82, 2.24) is 0 Å². The van der Waals surface area contributed by atoms with Crippen LogP contribution in [0.5, 0.6) is 5.75 Å². The number of ether oxygens (including phenoxy) is 3. The van der Waals surface area contributed by atoms with E-state index in [0.717, 1.165) is 38.2 Å². The van der Waals surface area contributed by atoms with E-state index in [4.69, 9.17) is 14.2 Å². The summed E-state index contributed by atoms with van der Waals surface area (Å²) in [5, 5.41) is 0. The van der Waals surface area contributed by atoms with E-state index in [0.29, 0.717) is 6.61 Å². The van der Waals surface area contributed by atoms with Gasteiger partial charge in [0, 0.05) is 12.8 Å². The van der Waals surface area contributed by atoms with Crippen LogP contribution in [0.2, 0.25) is 0 Å². The molecule has 24 heavy (non-hydrogen) atoms. The summed E-state index contributed by atoms with van der Waals surface area (Å²) in [5.74, 6) is 0.551. The van der Waals surface area contributed by atoms with Crippen LogP contribution in [0, 0.1) is 0 Å². The Balaban J connectivity index is 1.44. The first kappa shape index (κ1) is 15.4. The minimum absolute atomic E-state index is 0.350. The maximum absolute atomic E-state index is 5.85. The predicted octanol–water partition coefficient (Wildman–Crippen LogP) is 4.58. The first-order valence-electron chi connectivity index (χ1n) is 8.57. The summed E-state index contributed by atoms with van der Waals surface area (Å²) < 4.78 is 17.4. The molecular formula is C21H22O3. The van der Waals surface area contributed by atoms with Gasteiger partial charge in [0.15, 0.2) is 5.79 Å². The molecule has 1 aliphatic carbocycles. The molecular weight excluding hydrogens is 300 g/mol. The second-order valence-electron chi connectivity index (χ2n) is 6.34. The van der Waals surface area contributed by atoms with Crippen molar-refractivity contribution >= 4 is 5.57 Å². The highest BCUT2D eigenvalue weighted by atomic mass is 16.7. The molecule has 2 aliphatic rings. The highest BCUT2D eigenvalue weighted by Gasteiger charge is 2.37. The average molecular weight is 322 g/mol. The minimum atomic E-state index is -0.350. The second kappa shape index (κ2) is 6.80. The van der Waals surface area contributed by atoms with E-state index >= 15 is 0 Å². The summed E-state index contributed by atoms with van der Waals surface area (Å²) in [6, 6.07) is 18.5. The molecule has 0 radical (unpaired) electrons. The molecule has 0 aromatic heterocycles. The number of benzene rings is 2. The van der Waals surface area contributed by atoms with Gasteiger partial charge in [-0.3, -0.25) is 0 Å². The summed E-state index contributed by atoms with van der Waals surface area (Å²) in [6.45, 7) is 2.02. The number of rotatable bonds is 4. The smallest absolute Gasteiger partial charge is 0.172 e. The number of hydrogen-bond donors (Lipinski definition) is 0. The highest BCUT2D eigenvalue weighted by molar-refractivity contribution is 5.67. The van der Waals surface area contributed by atoms with Gasteiger partial charge in [-0.2, -0.15) is 0 Å². The van der Waals surface area contributed by atoms with Crippen molar-refractivity contribution in [3.05, 3.63) is 71.8 Å². The van der Waals surface area contributed by atoms with Gasteiger partial charge in [0.2, 0.25) is 0 Å². The molecule has 1 saturated heterocycles. The normalized spacial score (nSPS) is 19.2. The molecule has 0 amide bonds. The van der Waals surface area contributed by atoms with E-state index < -0.39 is 0 Å². The van der Waals surface area contributed by atoms with E-state index in [1.807, 2.05) is 30.3 Å². The second-order valence-corrected chi connectivity index (χ2v) is 6.34. The van der Waals surface area contributed by atoms with Gasteiger partial charge in [0.25, 0.3) is 0 Å². The lowest BCUT2D eigenvalue weighted by Gasteiger charge is -2.30. The average Bonchev–Trinajstić information content (AvgIpc) is 3.10. The topological polar surface area (TPSA) is 27.7 Å². The number of hydrogen-bond acceptors (Lipinski definition) is 3. The van der Waals surface area contributed by atoms with E-state index in [2.05, 4.69) is 30.3 Å². The summed E-state index contributed by atoms with van der Waals surface area (Å²) in [4.78, 5) is 0. The number of para-hydroxylation sites is 1. The SMILES string of the molecule is C1=C(c2cccc(COc3ccccc3)c2)CCC2(C1)OCCO2. The Bertz CT molecular complexity index is 715. The molecule has 1 heterocycles. The largest absolute Gasteiger partial charge is 0.489 e. The molecule has 3 heteroatoms. The minimum Gasteiger partial charge on any atom is -0.489 e. The van der Waals surface area contributed by atoms with Gasteiger partial charge in [0.05, 0.1) is 13.2 Å². The fraction of sp³-hybridized carbons (Fsp3) is 0.333. The van der Waals surface area contributed by atoms with E-state index in [9.17, 15) is 0 Å². The van der Waals surface area contributed by atoms with E-state index in [-0.39, 0.29) is 5.79 Å². The lowest BCUT2D eigenvalue weighted by molar-refractivity contribution is -0.159. The Hall–Kier alpha value is -2.10. The van der Waals surface area contributed by atoms with Gasteiger partial charge in [-0.25, -0.2) is 0 Å². The monoisotopic (exact) mass is 322 g/mol. The summed E-state index contributed by atoms with van der Waals surface area (Å²) >= 11 is 0. The standard InChI is InChI=1S/C21H22O3/c1-2-7-20(8-3-1)22-16-17-5-4-6-19(15-17)18-9-11-21(12-10-18)23-13-14-24-21/h1-9,15H,10-14,16H2. The maximum atomic E-state index is 5.85. The van der Waals surface area contributed by atoms with Crippen molar-refractivity contribution in [2.24, 2.45) is 0 Å². The van der Waals surface area contributed by atoms with Gasteiger partial charge in [-0.15, -0.1) is 0 Å². The Kier molecular flexibility index (Phi) is 4.37. The van der Waals surface area contributed by atoms with Crippen LogP contribution < -0.4 is 4.74 Å². The molecule has 0 saturated carbocycles. The van der Waals surface area contributed by atoms with E-state index in [1.54, 1.807) is 0 Å². The van der Waals surface area contributed by atoms with Crippen molar-refractivity contribution in [2.75, 3.05) is 13.2 Å². The Labute approximate surface area is 142 Å². The fourth-order valence-electron chi connectivity index (χ4n) is 3.37. The quantitative estimate of drug-likeness (QED) is 0.825. The third kappa shape index (κ3) is 3.37. The highest BCUT2D eigenvalue weighted by Crippen LogP contribution is 2.38. The van der Waals surface area contributed by atoms with Crippen molar-refractivity contribution in [2.45, 2.75) is 31.7 Å². The van der Waals surface area contributed by atoms with Crippen molar-refractivity contribution in [3.8, 4) is 5.75 Å². The van der Waals surface area contributed by atoms with Gasteiger partial charge in [-0.05, 0) is 41.3 Å². The molecule has 1 fully saturated rings. The van der Waals surface area contributed by atoms with Crippen LogP contribution in [0.15, 0.2) is 60.7 Å². The molecule has 0 unspecified atom stereocenters. The molecule has 1 aliphatic heterocycles. The first-order chi connectivity index (χ1) is 11.8. The van der Waals surface area contributed by atoms with Gasteiger partial charge in [0.1, 0.15) is 12.4 Å². The zero-order valence-corrected chi connectivity index (χ0v) is 13.7. The van der Waals surface area contributed by atoms with Crippen LogP contribution >= 0.6 is 0 Å². The molecule has 1 spiro atoms. The lowest BCUT2D eigenvalue weighted by atomic mass is 9.89. The molecule has 0 N–H and O–H groups in total. The lowest BCUT2D eigenvalue weighted by Crippen LogP contribution is -2.31. The molecule has 2 aromatic rings. The summed E-state index contributed by atoms with van der Waals surface area (Å²) in [6.07, 6.45) is 5.03. The van der Waals surface area contributed by atoms with Crippen LogP contribution in [0.25, 0.3) is 5.57 Å². The van der Waals surface area contributed by atoms with E-state index in [1.165, 1.54) is 16.7 Å². The Morgan fingerprint density at radius 3 is 2.54 bits per heavy atom. The Morgan fingerprint density at radius 2 is 1.79 bits per heavy atom. The van der Waals surface area contributed by atoms with Gasteiger partial charge in [-0.1, -0.05) is 42.5 Å². The predicted molar refractivity (Wildman–Crippen MR) is 93.7 cm³/mol. The molecule has 0 atom stereocenters.